The van der Waals surface area contributed by atoms with Crippen LogP contribution >= 0.6 is 22.6 Å². The van der Waals surface area contributed by atoms with Crippen LogP contribution in [0.25, 0.3) is 0 Å². The van der Waals surface area contributed by atoms with Gasteiger partial charge >= 0.3 is 5.97 Å². The Morgan fingerprint density at radius 3 is 2.11 bits per heavy atom. The Kier molecular flexibility index (Phi) is 16.2. The minimum Gasteiger partial charge on any atom is -0.480 e. The summed E-state index contributed by atoms with van der Waals surface area (Å²) in [6, 6.07) is -0.0897. The van der Waals surface area contributed by atoms with Crippen LogP contribution in [-0.2, 0) is 9.59 Å². The number of likely N-dealkylation sites (tertiary alicyclic amines) is 1. The lowest BCUT2D eigenvalue weighted by molar-refractivity contribution is -0.139. The van der Waals surface area contributed by atoms with E-state index in [1.165, 1.54) is 6.42 Å². The number of nitrogens with one attached hydrogen (secondary N) is 1. The van der Waals surface area contributed by atoms with Crippen molar-refractivity contribution in [3.63, 3.8) is 0 Å². The number of carboxylic acid groups (broad SMARTS) is 1. The number of nitrogens with zero attached hydrogens (tertiary/aromatic N) is 1. The van der Waals surface area contributed by atoms with Gasteiger partial charge in [-0.1, -0.05) is 62.6 Å². The third-order valence-corrected chi connectivity index (χ3v) is 5.54. The molecule has 2 aliphatic rings. The van der Waals surface area contributed by atoms with Gasteiger partial charge in [0.1, 0.15) is 6.04 Å². The second-order valence-corrected chi connectivity index (χ2v) is 8.93. The van der Waals surface area contributed by atoms with Crippen molar-refractivity contribution in [2.45, 2.75) is 102 Å². The molecule has 0 aromatic heterocycles. The summed E-state index contributed by atoms with van der Waals surface area (Å²) in [6.07, 6.45) is 15.7. The van der Waals surface area contributed by atoms with E-state index in [1.807, 2.05) is 11.8 Å². The maximum atomic E-state index is 11.4. The van der Waals surface area contributed by atoms with Crippen molar-refractivity contribution in [3.8, 4) is 24.7 Å². The Morgan fingerprint density at radius 1 is 1.21 bits per heavy atom. The average Bonchev–Trinajstić information content (AvgIpc) is 3.28. The van der Waals surface area contributed by atoms with Crippen LogP contribution in [0, 0.1) is 24.7 Å². The second-order valence-electron chi connectivity index (χ2n) is 6.81. The molecule has 28 heavy (non-hydrogen) atoms. The number of halogens is 1. The third-order valence-electron chi connectivity index (χ3n) is 4.66. The molecule has 0 aliphatic carbocycles. The molecular weight excluding hydrogens is 467 g/mol. The molecular formula is C22H37IN2O3. The molecule has 6 heteroatoms. The number of rotatable bonds is 3. The second kappa shape index (κ2) is 15.6. The van der Waals surface area contributed by atoms with E-state index in [-0.39, 0.29) is 25.4 Å². The van der Waals surface area contributed by atoms with Crippen LogP contribution in [0.2, 0.25) is 0 Å². The minimum atomic E-state index is -0.808. The van der Waals surface area contributed by atoms with Gasteiger partial charge in [-0.25, -0.2) is 0 Å². The molecule has 0 bridgehead atoms. The van der Waals surface area contributed by atoms with Crippen molar-refractivity contribution in [2.75, 3.05) is 0 Å². The fourth-order valence-corrected chi connectivity index (χ4v) is 2.82. The Hall–Kier alpha value is -1.25. The highest BCUT2D eigenvalue weighted by Crippen LogP contribution is 2.23. The fraction of sp³-hybridized carbons (Fsp3) is 0.727. The molecule has 2 N–H and O–H groups in total. The number of alkyl halides is 1. The first-order valence-electron chi connectivity index (χ1n) is 9.57. The van der Waals surface area contributed by atoms with Gasteiger partial charge in [0.2, 0.25) is 5.91 Å². The minimum absolute atomic E-state index is 0. The molecule has 0 radical (unpaired) electrons. The zero-order chi connectivity index (χ0) is 21.0. The molecule has 2 aliphatic heterocycles. The predicted molar refractivity (Wildman–Crippen MR) is 125 cm³/mol. The molecule has 1 unspecified atom stereocenters. The number of hydrogen-bond donors (Lipinski definition) is 2. The van der Waals surface area contributed by atoms with Gasteiger partial charge in [0.05, 0.1) is 12.1 Å². The van der Waals surface area contributed by atoms with Crippen molar-refractivity contribution in [2.24, 2.45) is 0 Å². The van der Waals surface area contributed by atoms with Crippen LogP contribution in [-0.4, -0.2) is 50.0 Å². The monoisotopic (exact) mass is 504 g/mol. The van der Waals surface area contributed by atoms with Gasteiger partial charge in [-0.2, -0.15) is 0 Å². The zero-order valence-corrected chi connectivity index (χ0v) is 19.0. The Morgan fingerprint density at radius 2 is 1.79 bits per heavy atom. The first kappa shape index (κ1) is 29.0. The van der Waals surface area contributed by atoms with Crippen molar-refractivity contribution >= 4 is 34.5 Å². The van der Waals surface area contributed by atoms with Gasteiger partial charge in [-0.3, -0.25) is 14.9 Å². The summed E-state index contributed by atoms with van der Waals surface area (Å²) in [4.78, 5) is 23.6. The molecule has 5 atom stereocenters. The molecule has 0 aromatic carbocycles. The number of aliphatic carboxylic acids is 1. The van der Waals surface area contributed by atoms with Gasteiger partial charge < -0.3 is 10.0 Å². The molecule has 2 heterocycles. The van der Waals surface area contributed by atoms with E-state index in [2.05, 4.69) is 60.5 Å². The van der Waals surface area contributed by atoms with Crippen LogP contribution in [0.4, 0.5) is 0 Å². The smallest absolute Gasteiger partial charge is 0.320 e. The maximum absolute atomic E-state index is 11.4. The maximum Gasteiger partial charge on any atom is 0.320 e. The lowest BCUT2D eigenvalue weighted by atomic mass is 10.2. The highest BCUT2D eigenvalue weighted by atomic mass is 127. The van der Waals surface area contributed by atoms with Crippen LogP contribution in [0.5, 0.6) is 0 Å². The number of hydrogen-bond acceptors (Lipinski definition) is 3. The van der Waals surface area contributed by atoms with Crippen LogP contribution in [0.3, 0.4) is 0 Å². The molecule has 0 saturated carbocycles. The molecule has 5 nitrogen and oxygen atoms in total. The van der Waals surface area contributed by atoms with Gasteiger partial charge in [-0.05, 0) is 39.0 Å². The number of amides is 1. The van der Waals surface area contributed by atoms with Crippen LogP contribution in [0.15, 0.2) is 0 Å². The molecule has 2 fully saturated rings. The summed E-state index contributed by atoms with van der Waals surface area (Å²) in [7, 11) is 0. The van der Waals surface area contributed by atoms with E-state index in [1.54, 1.807) is 0 Å². The zero-order valence-electron chi connectivity index (χ0n) is 16.9. The standard InChI is InChI=1S/C10H15NO.C7H9NO2.C4H9I.CH4/c1-4-9-7-6-8(3)11(9)10(12)5-2;1-2-5-3-4-6(8-5)7(9)10;1-3-4(2)5;/h1,8-9H,5-7H2,2-3H3;1,5-6,8H,3-4H2,(H,9,10);4H,3H2,1-2H3;1H4/t8-,9+;5-,6-;;/m10../s1. The van der Waals surface area contributed by atoms with Gasteiger partial charge in [-0.15, -0.1) is 12.8 Å². The largest absolute Gasteiger partial charge is 0.480 e. The molecule has 160 valence electrons. The summed E-state index contributed by atoms with van der Waals surface area (Å²) in [5.41, 5.74) is 0. The first-order valence-corrected chi connectivity index (χ1v) is 10.8. The molecule has 1 amide bonds. The molecule has 2 saturated heterocycles. The SMILES string of the molecule is C.C#C[C@H]1CC[C@@H](C(=O)O)N1.C#C[C@H]1CC[C@@H](C)N1C(=O)CC.CCC(C)I. The summed E-state index contributed by atoms with van der Waals surface area (Å²) in [6.45, 7) is 8.34. The summed E-state index contributed by atoms with van der Waals surface area (Å²) >= 11 is 2.41. The summed E-state index contributed by atoms with van der Waals surface area (Å²) < 4.78 is 0.854. The highest BCUT2D eigenvalue weighted by Gasteiger charge is 2.31. The summed E-state index contributed by atoms with van der Waals surface area (Å²) in [5, 5.41) is 11.3. The topological polar surface area (TPSA) is 69.6 Å². The lowest BCUT2D eigenvalue weighted by Gasteiger charge is -2.24. The molecule has 0 spiro atoms. The predicted octanol–water partition coefficient (Wildman–Crippen LogP) is 4.09. The fourth-order valence-electron chi connectivity index (χ4n) is 2.82. The van der Waals surface area contributed by atoms with E-state index in [4.69, 9.17) is 18.0 Å². The van der Waals surface area contributed by atoms with E-state index in [9.17, 15) is 9.59 Å². The Labute approximate surface area is 185 Å². The normalized spacial score (nSPS) is 26.2. The van der Waals surface area contributed by atoms with Crippen molar-refractivity contribution in [1.82, 2.24) is 10.2 Å². The number of carboxylic acids is 1. The lowest BCUT2D eigenvalue weighted by Crippen LogP contribution is -2.38. The van der Waals surface area contributed by atoms with E-state index >= 15 is 0 Å². The quantitative estimate of drug-likeness (QED) is 0.345. The van der Waals surface area contributed by atoms with E-state index < -0.39 is 12.0 Å². The number of carbonyl (C=O) groups is 2. The number of terminal acetylenes is 2. The van der Waals surface area contributed by atoms with Crippen molar-refractivity contribution < 1.29 is 14.7 Å². The van der Waals surface area contributed by atoms with Gasteiger partial charge in [0.25, 0.3) is 0 Å². The number of carbonyl (C=O) groups excluding carboxylic acids is 1. The molecule has 0 aromatic rings. The molecule has 2 rings (SSSR count). The summed E-state index contributed by atoms with van der Waals surface area (Å²) in [5.74, 6) is 4.51. The van der Waals surface area contributed by atoms with Crippen LogP contribution < -0.4 is 5.32 Å². The Balaban J connectivity index is 0. The third kappa shape index (κ3) is 10.3. The van der Waals surface area contributed by atoms with E-state index in [0.29, 0.717) is 18.9 Å². The van der Waals surface area contributed by atoms with Crippen LogP contribution in [0.1, 0.15) is 73.6 Å². The Bertz CT molecular complexity index is 551. The van der Waals surface area contributed by atoms with Gasteiger partial charge in [0.15, 0.2) is 0 Å². The van der Waals surface area contributed by atoms with E-state index in [0.717, 1.165) is 23.2 Å². The first-order chi connectivity index (χ1) is 12.7. The van der Waals surface area contributed by atoms with Crippen molar-refractivity contribution in [1.29, 1.82) is 0 Å². The van der Waals surface area contributed by atoms with Gasteiger partial charge in [0, 0.05) is 16.4 Å². The van der Waals surface area contributed by atoms with Crippen molar-refractivity contribution in [3.05, 3.63) is 0 Å². The average molecular weight is 504 g/mol. The highest BCUT2D eigenvalue weighted by molar-refractivity contribution is 14.1.